The minimum Gasteiger partial charge on any atom is -0.481 e. The molecule has 4 rings (SSSR count). The van der Waals surface area contributed by atoms with Gasteiger partial charge in [0.15, 0.2) is 0 Å². The molecule has 0 fully saturated rings. The number of carboxylic acids is 1. The second kappa shape index (κ2) is 8.39. The largest absolute Gasteiger partial charge is 0.481 e. The highest BCUT2D eigenvalue weighted by molar-refractivity contribution is 9.10. The van der Waals surface area contributed by atoms with Crippen LogP contribution in [0.4, 0.5) is 4.79 Å². The van der Waals surface area contributed by atoms with Crippen molar-refractivity contribution < 1.29 is 19.4 Å². The molecule has 2 N–H and O–H groups in total. The number of aliphatic carboxylic acids is 1. The summed E-state index contributed by atoms with van der Waals surface area (Å²) in [6.07, 6.45) is -0.851. The Labute approximate surface area is 180 Å². The Morgan fingerprint density at radius 1 is 1.07 bits per heavy atom. The molecule has 2 aromatic carbocycles. The summed E-state index contributed by atoms with van der Waals surface area (Å²) in [5.74, 6) is -1.04. The molecule has 1 aliphatic carbocycles. The summed E-state index contributed by atoms with van der Waals surface area (Å²) in [6.45, 7) is 0.185. The lowest BCUT2D eigenvalue weighted by atomic mass is 9.98. The Balaban J connectivity index is 1.48. The van der Waals surface area contributed by atoms with Crippen LogP contribution in [0.3, 0.4) is 0 Å². The number of carbonyl (C=O) groups is 2. The van der Waals surface area contributed by atoms with Crippen LogP contribution in [0.1, 0.15) is 35.1 Å². The molecule has 148 valence electrons. The standard InChI is InChI=1S/C22H18BrNO4S/c23-19-12-29-11-18(19)20(9-21(25)26)24-22(27)28-10-17-15-7-3-1-5-13(15)14-6-2-4-8-16(14)17/h1-8,11-12,17,20H,9-10H2,(H,24,27)(H,25,26)/t20-/m1/s1. The van der Waals surface area contributed by atoms with Crippen molar-refractivity contribution in [1.29, 1.82) is 0 Å². The van der Waals surface area contributed by atoms with Gasteiger partial charge in [-0.05, 0) is 49.1 Å². The molecular formula is C22H18BrNO4S. The van der Waals surface area contributed by atoms with Crippen LogP contribution < -0.4 is 5.32 Å². The number of amides is 1. The highest BCUT2D eigenvalue weighted by Gasteiger charge is 2.29. The van der Waals surface area contributed by atoms with E-state index in [9.17, 15) is 14.7 Å². The minimum absolute atomic E-state index is 0.0426. The van der Waals surface area contributed by atoms with E-state index >= 15 is 0 Å². The molecule has 1 atom stereocenters. The van der Waals surface area contributed by atoms with Crippen LogP contribution in [0.5, 0.6) is 0 Å². The molecule has 0 spiro atoms. The topological polar surface area (TPSA) is 75.6 Å². The van der Waals surface area contributed by atoms with E-state index in [-0.39, 0.29) is 18.9 Å². The smallest absolute Gasteiger partial charge is 0.407 e. The Hall–Kier alpha value is -2.64. The predicted molar refractivity (Wildman–Crippen MR) is 115 cm³/mol. The maximum atomic E-state index is 12.5. The van der Waals surface area contributed by atoms with Gasteiger partial charge in [-0.3, -0.25) is 4.79 Å². The van der Waals surface area contributed by atoms with Crippen LogP contribution in [-0.2, 0) is 9.53 Å². The molecule has 3 aromatic rings. The van der Waals surface area contributed by atoms with Gasteiger partial charge in [-0.1, -0.05) is 48.5 Å². The third kappa shape index (κ3) is 4.06. The van der Waals surface area contributed by atoms with E-state index in [1.807, 2.05) is 35.0 Å². The van der Waals surface area contributed by atoms with Gasteiger partial charge >= 0.3 is 12.1 Å². The number of carbonyl (C=O) groups excluding carboxylic acids is 1. The number of fused-ring (bicyclic) bond motifs is 3. The molecule has 0 saturated carbocycles. The first-order chi connectivity index (χ1) is 14.0. The lowest BCUT2D eigenvalue weighted by molar-refractivity contribution is -0.137. The third-order valence-corrected chi connectivity index (χ3v) is 6.78. The van der Waals surface area contributed by atoms with Gasteiger partial charge in [0, 0.05) is 15.8 Å². The van der Waals surface area contributed by atoms with Gasteiger partial charge in [-0.2, -0.15) is 11.3 Å². The summed E-state index contributed by atoms with van der Waals surface area (Å²) >= 11 is 4.84. The molecule has 1 heterocycles. The normalized spacial score (nSPS) is 13.4. The van der Waals surface area contributed by atoms with Gasteiger partial charge in [0.25, 0.3) is 0 Å². The lowest BCUT2D eigenvalue weighted by Gasteiger charge is -2.19. The SMILES string of the molecule is O=C(O)C[C@@H](NC(=O)OCC1c2ccccc2-c2ccccc21)c1cscc1Br. The minimum atomic E-state index is -0.993. The number of carboxylic acid groups (broad SMARTS) is 1. The van der Waals surface area contributed by atoms with E-state index in [2.05, 4.69) is 45.5 Å². The number of thiophene rings is 1. The maximum Gasteiger partial charge on any atom is 0.407 e. The van der Waals surface area contributed by atoms with E-state index in [4.69, 9.17) is 4.74 Å². The summed E-state index contributed by atoms with van der Waals surface area (Å²) in [6, 6.07) is 15.6. The van der Waals surface area contributed by atoms with E-state index in [0.29, 0.717) is 0 Å². The second-order valence-electron chi connectivity index (χ2n) is 6.80. The van der Waals surface area contributed by atoms with Crippen molar-refractivity contribution in [2.45, 2.75) is 18.4 Å². The highest BCUT2D eigenvalue weighted by Crippen LogP contribution is 2.44. The monoisotopic (exact) mass is 471 g/mol. The van der Waals surface area contributed by atoms with Gasteiger partial charge in [-0.15, -0.1) is 0 Å². The van der Waals surface area contributed by atoms with Crippen LogP contribution in [-0.4, -0.2) is 23.8 Å². The Morgan fingerprint density at radius 2 is 1.69 bits per heavy atom. The predicted octanol–water partition coefficient (Wildman–Crippen LogP) is 5.57. The third-order valence-electron chi connectivity index (χ3n) is 5.03. The molecule has 0 bridgehead atoms. The molecule has 1 aliphatic rings. The average Bonchev–Trinajstić information content (AvgIpc) is 3.27. The van der Waals surface area contributed by atoms with E-state index in [0.717, 1.165) is 32.3 Å². The number of benzene rings is 2. The molecule has 1 aromatic heterocycles. The molecule has 0 radical (unpaired) electrons. The zero-order valence-corrected chi connectivity index (χ0v) is 17.7. The molecule has 0 aliphatic heterocycles. The van der Waals surface area contributed by atoms with E-state index < -0.39 is 18.1 Å². The number of halogens is 1. The molecule has 29 heavy (non-hydrogen) atoms. The Bertz CT molecular complexity index is 1020. The van der Waals surface area contributed by atoms with Crippen molar-refractivity contribution in [3.63, 3.8) is 0 Å². The van der Waals surface area contributed by atoms with Crippen LogP contribution in [0.15, 0.2) is 63.8 Å². The van der Waals surface area contributed by atoms with Gasteiger partial charge in [-0.25, -0.2) is 4.79 Å². The number of ether oxygens (including phenoxy) is 1. The number of rotatable bonds is 6. The fourth-order valence-electron chi connectivity index (χ4n) is 3.74. The quantitative estimate of drug-likeness (QED) is 0.492. The van der Waals surface area contributed by atoms with Crippen LogP contribution in [0.25, 0.3) is 11.1 Å². The Morgan fingerprint density at radius 3 is 2.24 bits per heavy atom. The molecule has 0 saturated heterocycles. The number of alkyl carbamates (subject to hydrolysis) is 1. The first kappa shape index (κ1) is 19.7. The first-order valence-corrected chi connectivity index (χ1v) is 10.8. The summed E-state index contributed by atoms with van der Waals surface area (Å²) in [4.78, 5) is 23.7. The Kier molecular flexibility index (Phi) is 5.69. The van der Waals surface area contributed by atoms with Crippen LogP contribution in [0.2, 0.25) is 0 Å². The van der Waals surface area contributed by atoms with Crippen molar-refractivity contribution in [1.82, 2.24) is 5.32 Å². The van der Waals surface area contributed by atoms with Crippen LogP contribution in [0, 0.1) is 0 Å². The van der Waals surface area contributed by atoms with E-state index in [1.165, 1.54) is 11.3 Å². The molecule has 5 nitrogen and oxygen atoms in total. The van der Waals surface area contributed by atoms with Gasteiger partial charge in [0.2, 0.25) is 0 Å². The summed E-state index contributed by atoms with van der Waals surface area (Å²) < 4.78 is 6.31. The number of nitrogens with one attached hydrogen (secondary N) is 1. The summed E-state index contributed by atoms with van der Waals surface area (Å²) in [5.41, 5.74) is 5.30. The summed E-state index contributed by atoms with van der Waals surface area (Å²) in [5, 5.41) is 15.6. The molecule has 0 unspecified atom stereocenters. The fraction of sp³-hybridized carbons (Fsp3) is 0.182. The van der Waals surface area contributed by atoms with E-state index in [1.54, 1.807) is 0 Å². The zero-order chi connectivity index (χ0) is 20.4. The first-order valence-electron chi connectivity index (χ1n) is 9.09. The number of hydrogen-bond donors (Lipinski definition) is 2. The van der Waals surface area contributed by atoms with Gasteiger partial charge in [0.1, 0.15) is 6.61 Å². The van der Waals surface area contributed by atoms with Crippen molar-refractivity contribution in [3.05, 3.63) is 80.5 Å². The fourth-order valence-corrected chi connectivity index (χ4v) is 5.36. The van der Waals surface area contributed by atoms with Crippen molar-refractivity contribution in [3.8, 4) is 11.1 Å². The van der Waals surface area contributed by atoms with Gasteiger partial charge < -0.3 is 15.2 Å². The summed E-state index contributed by atoms with van der Waals surface area (Å²) in [7, 11) is 0. The van der Waals surface area contributed by atoms with Gasteiger partial charge in [0.05, 0.1) is 12.5 Å². The van der Waals surface area contributed by atoms with Crippen LogP contribution >= 0.6 is 27.3 Å². The van der Waals surface area contributed by atoms with Crippen molar-refractivity contribution in [2.24, 2.45) is 0 Å². The highest BCUT2D eigenvalue weighted by atomic mass is 79.9. The van der Waals surface area contributed by atoms with Crippen molar-refractivity contribution in [2.75, 3.05) is 6.61 Å². The molecular weight excluding hydrogens is 454 g/mol. The number of hydrogen-bond acceptors (Lipinski definition) is 4. The average molecular weight is 472 g/mol. The zero-order valence-electron chi connectivity index (χ0n) is 15.3. The lowest BCUT2D eigenvalue weighted by Crippen LogP contribution is -2.31. The second-order valence-corrected chi connectivity index (χ2v) is 8.39. The maximum absolute atomic E-state index is 12.5. The molecule has 7 heteroatoms. The molecule has 1 amide bonds. The van der Waals surface area contributed by atoms with Crippen molar-refractivity contribution >= 4 is 39.3 Å².